The molecule has 0 saturated heterocycles. The number of allylic oxidation sites excluding steroid dienone is 2. The molecule has 0 heterocycles. The SMILES string of the molecule is CC(=O)O[C@@H]1[C@@H](C)[C@@]2(O)[C@@H](C=C(CO)C[C@]3(O)C(=O)C(C)=C[C@@H]23)[C@@H]2C(C)(C)[C@]12OC(=O)C12C[C@@H](C)C3[C@@H]4CC(C)CC4CC(C)=C[C@H]3[C@@H]1C2(C)C. The van der Waals surface area contributed by atoms with Crippen LogP contribution >= 0.6 is 0 Å². The van der Waals surface area contributed by atoms with E-state index in [1.807, 2.05) is 19.9 Å². The molecule has 5 saturated carbocycles. The van der Waals surface area contributed by atoms with Gasteiger partial charge in [0.15, 0.2) is 11.4 Å². The molecule has 51 heavy (non-hydrogen) atoms. The van der Waals surface area contributed by atoms with Crippen molar-refractivity contribution in [2.45, 2.75) is 124 Å². The van der Waals surface area contributed by atoms with E-state index in [1.165, 1.54) is 25.3 Å². The summed E-state index contributed by atoms with van der Waals surface area (Å²) in [6, 6.07) is 0. The lowest BCUT2D eigenvalue weighted by Gasteiger charge is -2.53. The predicted octanol–water partition coefficient (Wildman–Crippen LogP) is 5.98. The van der Waals surface area contributed by atoms with E-state index >= 15 is 4.79 Å². The molecule has 4 unspecified atom stereocenters. The first-order valence-corrected chi connectivity index (χ1v) is 19.7. The molecule has 8 rings (SSSR count). The largest absolute Gasteiger partial charge is 0.458 e. The molecule has 280 valence electrons. The van der Waals surface area contributed by atoms with Gasteiger partial charge in [-0.25, -0.2) is 0 Å². The zero-order valence-electron chi connectivity index (χ0n) is 32.3. The molecule has 0 amide bonds. The first-order chi connectivity index (χ1) is 23.7. The van der Waals surface area contributed by atoms with E-state index in [0.29, 0.717) is 40.7 Å². The van der Waals surface area contributed by atoms with Crippen LogP contribution in [0, 0.1) is 81.3 Å². The Morgan fingerprint density at radius 1 is 0.961 bits per heavy atom. The van der Waals surface area contributed by atoms with Gasteiger partial charge in [-0.2, -0.15) is 0 Å². The zero-order valence-corrected chi connectivity index (χ0v) is 32.3. The lowest BCUT2D eigenvalue weighted by molar-refractivity contribution is -0.231. The molecule has 0 radical (unpaired) electrons. The van der Waals surface area contributed by atoms with Crippen molar-refractivity contribution in [2.75, 3.05) is 6.61 Å². The highest BCUT2D eigenvalue weighted by molar-refractivity contribution is 6.04. The summed E-state index contributed by atoms with van der Waals surface area (Å²) < 4.78 is 13.2. The van der Waals surface area contributed by atoms with Crippen molar-refractivity contribution in [2.24, 2.45) is 81.3 Å². The summed E-state index contributed by atoms with van der Waals surface area (Å²) in [5.74, 6) is -0.890. The third-order valence-corrected chi connectivity index (χ3v) is 16.9. The Balaban J connectivity index is 1.21. The number of ketones is 1. The molecular weight excluding hydrogens is 644 g/mol. The van der Waals surface area contributed by atoms with Gasteiger partial charge in [-0.1, -0.05) is 72.3 Å². The molecule has 0 aliphatic heterocycles. The van der Waals surface area contributed by atoms with Crippen LogP contribution in [0.4, 0.5) is 0 Å². The number of esters is 2. The maximum absolute atomic E-state index is 15.3. The summed E-state index contributed by atoms with van der Waals surface area (Å²) in [5, 5.41) is 35.6. The molecule has 0 spiro atoms. The van der Waals surface area contributed by atoms with Crippen molar-refractivity contribution < 1.29 is 39.2 Å². The summed E-state index contributed by atoms with van der Waals surface area (Å²) in [7, 11) is 0. The van der Waals surface area contributed by atoms with Crippen molar-refractivity contribution in [3.8, 4) is 0 Å². The molecule has 16 atom stereocenters. The number of aliphatic hydroxyl groups excluding tert-OH is 1. The fourth-order valence-corrected chi connectivity index (χ4v) is 14.9. The molecule has 8 heteroatoms. The Kier molecular flexibility index (Phi) is 7.48. The number of Topliss-reactive ketones (excluding diaryl/α,β-unsaturated/α-hetero) is 1. The van der Waals surface area contributed by atoms with Gasteiger partial charge in [-0.05, 0) is 97.5 Å². The smallest absolute Gasteiger partial charge is 0.313 e. The normalized spacial score (nSPS) is 52.5. The van der Waals surface area contributed by atoms with Gasteiger partial charge in [0.25, 0.3) is 0 Å². The molecule has 0 aromatic heterocycles. The number of fused-ring (bicyclic) bond motifs is 10. The predicted molar refractivity (Wildman–Crippen MR) is 190 cm³/mol. The van der Waals surface area contributed by atoms with Crippen LogP contribution in [0.25, 0.3) is 0 Å². The average molecular weight is 705 g/mol. The molecule has 0 aromatic rings. The van der Waals surface area contributed by atoms with Gasteiger partial charge in [0.1, 0.15) is 11.7 Å². The van der Waals surface area contributed by atoms with Crippen LogP contribution in [0.3, 0.4) is 0 Å². The van der Waals surface area contributed by atoms with E-state index in [2.05, 4.69) is 40.7 Å². The summed E-state index contributed by atoms with van der Waals surface area (Å²) >= 11 is 0. The van der Waals surface area contributed by atoms with Crippen molar-refractivity contribution in [3.05, 3.63) is 34.9 Å². The fourth-order valence-electron chi connectivity index (χ4n) is 14.9. The van der Waals surface area contributed by atoms with E-state index in [0.717, 1.165) is 18.8 Å². The molecule has 0 bridgehead atoms. The number of carbonyl (C=O) groups excluding carboxylic acids is 3. The Morgan fingerprint density at radius 2 is 1.65 bits per heavy atom. The minimum Gasteiger partial charge on any atom is -0.458 e. The third kappa shape index (κ3) is 4.16. The van der Waals surface area contributed by atoms with Gasteiger partial charge in [-0.3, -0.25) is 14.4 Å². The lowest BCUT2D eigenvalue weighted by atomic mass is 9.59. The Labute approximate surface area is 303 Å². The summed E-state index contributed by atoms with van der Waals surface area (Å²) in [5.41, 5.74) is -4.42. The van der Waals surface area contributed by atoms with Crippen LogP contribution in [-0.4, -0.2) is 62.6 Å². The van der Waals surface area contributed by atoms with E-state index in [-0.39, 0.29) is 30.3 Å². The van der Waals surface area contributed by atoms with Crippen molar-refractivity contribution in [1.29, 1.82) is 0 Å². The highest BCUT2D eigenvalue weighted by Crippen LogP contribution is 2.82. The minimum atomic E-state index is -1.95. The number of rotatable bonds is 4. The van der Waals surface area contributed by atoms with Gasteiger partial charge in [0.05, 0.1) is 17.6 Å². The van der Waals surface area contributed by atoms with Crippen LogP contribution in [0.1, 0.15) is 101 Å². The average Bonchev–Trinajstić information content (AvgIpc) is 3.63. The summed E-state index contributed by atoms with van der Waals surface area (Å²) in [6.45, 7) is 19.9. The molecule has 3 N–H and O–H groups in total. The van der Waals surface area contributed by atoms with Gasteiger partial charge >= 0.3 is 11.9 Å². The van der Waals surface area contributed by atoms with E-state index in [9.17, 15) is 24.9 Å². The van der Waals surface area contributed by atoms with Gasteiger partial charge in [0.2, 0.25) is 0 Å². The molecule has 8 aliphatic rings. The van der Waals surface area contributed by atoms with Crippen LogP contribution in [0.15, 0.2) is 34.9 Å². The molecule has 8 aliphatic carbocycles. The first-order valence-electron chi connectivity index (χ1n) is 19.7. The maximum atomic E-state index is 15.3. The number of ether oxygens (including phenoxy) is 2. The maximum Gasteiger partial charge on any atom is 0.313 e. The highest BCUT2D eigenvalue weighted by atomic mass is 16.6. The second-order valence-corrected chi connectivity index (χ2v) is 20.1. The molecule has 5 fully saturated rings. The molecule has 8 nitrogen and oxygen atoms in total. The molecule has 0 aromatic carbocycles. The zero-order chi connectivity index (χ0) is 37.2. The number of hydrogen-bond acceptors (Lipinski definition) is 8. The summed E-state index contributed by atoms with van der Waals surface area (Å²) in [4.78, 5) is 41.8. The van der Waals surface area contributed by atoms with Crippen LogP contribution < -0.4 is 0 Å². The lowest BCUT2D eigenvalue weighted by Crippen LogP contribution is -2.66. The van der Waals surface area contributed by atoms with E-state index in [1.54, 1.807) is 19.9 Å². The topological polar surface area (TPSA) is 130 Å². The van der Waals surface area contributed by atoms with Gasteiger partial charge < -0.3 is 24.8 Å². The van der Waals surface area contributed by atoms with Crippen LogP contribution in [0.2, 0.25) is 0 Å². The third-order valence-electron chi connectivity index (χ3n) is 16.9. The number of carbonyl (C=O) groups is 3. The first kappa shape index (κ1) is 35.7. The van der Waals surface area contributed by atoms with E-state index in [4.69, 9.17) is 9.47 Å². The summed E-state index contributed by atoms with van der Waals surface area (Å²) in [6.07, 6.45) is 9.30. The standard InChI is InChI=1S/C43H60O8/c1-20-11-27-12-21(2)14-29-32(28(27)13-20)23(4)17-40(33(29)38(40,7)8)37(47)51-43-34(39(43,9)10)30-16-26(19-44)18-41(48)31(15-22(3)35(41)46)42(30,49)24(5)36(43)50-25(6)45/h14-16,20,23-24,27-34,36,44,48-49H,11-13,17-19H2,1-10H3/t20?,23-,24-,27?,28-,29-,30+,31-,32?,33-,34-,36-,40?,41-,42-,43-/m1/s1. The Hall–Kier alpha value is -2.29. The van der Waals surface area contributed by atoms with Crippen LogP contribution in [-0.2, 0) is 23.9 Å². The van der Waals surface area contributed by atoms with Gasteiger partial charge in [0, 0.05) is 42.4 Å². The van der Waals surface area contributed by atoms with Gasteiger partial charge in [-0.15, -0.1) is 0 Å². The van der Waals surface area contributed by atoms with Crippen molar-refractivity contribution in [1.82, 2.24) is 0 Å². The van der Waals surface area contributed by atoms with Crippen molar-refractivity contribution >= 4 is 17.7 Å². The highest BCUT2D eigenvalue weighted by Gasteiger charge is 2.90. The number of hydrogen-bond donors (Lipinski definition) is 3. The monoisotopic (exact) mass is 704 g/mol. The second kappa shape index (κ2) is 10.7. The Bertz CT molecular complexity index is 1690. The van der Waals surface area contributed by atoms with Crippen molar-refractivity contribution in [3.63, 3.8) is 0 Å². The minimum absolute atomic E-state index is 0.114. The Morgan fingerprint density at radius 3 is 2.29 bits per heavy atom. The molecular formula is C43H60O8. The quantitative estimate of drug-likeness (QED) is 0.241. The second-order valence-electron chi connectivity index (χ2n) is 20.1. The fraction of sp³-hybridized carbons (Fsp3) is 0.791. The van der Waals surface area contributed by atoms with E-state index < -0.39 is 69.2 Å². The van der Waals surface area contributed by atoms with Crippen LogP contribution in [0.5, 0.6) is 0 Å². The number of aliphatic hydroxyl groups is 3.